The van der Waals surface area contributed by atoms with Crippen molar-refractivity contribution >= 4 is 23.3 Å². The largest absolute Gasteiger partial charge is 0.478 e. The van der Waals surface area contributed by atoms with E-state index in [0.29, 0.717) is 11.3 Å². The molecule has 0 radical (unpaired) electrons. The summed E-state index contributed by atoms with van der Waals surface area (Å²) in [6, 6.07) is 23.7. The second-order valence-corrected chi connectivity index (χ2v) is 8.50. The number of halogens is 1. The van der Waals surface area contributed by atoms with Gasteiger partial charge in [-0.25, -0.2) is 4.79 Å². The van der Waals surface area contributed by atoms with Gasteiger partial charge >= 0.3 is 5.97 Å². The van der Waals surface area contributed by atoms with Crippen molar-refractivity contribution in [1.82, 2.24) is 9.80 Å². The Morgan fingerprint density at radius 2 is 1.53 bits per heavy atom. The summed E-state index contributed by atoms with van der Waals surface area (Å²) in [6.07, 6.45) is 0. The third-order valence-corrected chi connectivity index (χ3v) is 6.18. The highest BCUT2D eigenvalue weighted by molar-refractivity contribution is 6.30. The topological polar surface area (TPSA) is 55.8 Å². The average Bonchev–Trinajstić information content (AvgIpc) is 2.81. The number of aromatic carboxylic acids is 1. The van der Waals surface area contributed by atoms with Crippen LogP contribution >= 0.6 is 11.6 Å². The Morgan fingerprint density at radius 1 is 0.875 bits per heavy atom. The van der Waals surface area contributed by atoms with Crippen LogP contribution in [-0.2, 0) is 6.54 Å². The lowest BCUT2D eigenvalue weighted by Gasteiger charge is -2.35. The van der Waals surface area contributed by atoms with E-state index in [2.05, 4.69) is 51.5 Å². The fourth-order valence-electron chi connectivity index (χ4n) is 4.15. The molecule has 0 aromatic heterocycles. The van der Waals surface area contributed by atoms with Crippen LogP contribution in [0.25, 0.3) is 11.1 Å². The third kappa shape index (κ3) is 5.68. The molecule has 6 heteroatoms. The van der Waals surface area contributed by atoms with Gasteiger partial charge in [0.15, 0.2) is 0 Å². The number of hydrogen-bond donors (Lipinski definition) is 2. The van der Waals surface area contributed by atoms with Crippen molar-refractivity contribution in [3.8, 4) is 11.1 Å². The number of hydrogen-bond acceptors (Lipinski definition) is 4. The van der Waals surface area contributed by atoms with Crippen LogP contribution in [0.2, 0.25) is 5.02 Å². The van der Waals surface area contributed by atoms with E-state index < -0.39 is 5.97 Å². The average molecular weight is 450 g/mol. The van der Waals surface area contributed by atoms with Crippen LogP contribution in [0, 0.1) is 0 Å². The maximum Gasteiger partial charge on any atom is 0.337 e. The van der Waals surface area contributed by atoms with Crippen molar-refractivity contribution < 1.29 is 9.90 Å². The molecular weight excluding hydrogens is 422 g/mol. The van der Waals surface area contributed by atoms with Gasteiger partial charge < -0.3 is 10.4 Å². The number of piperazine rings is 1. The van der Waals surface area contributed by atoms with Gasteiger partial charge in [0, 0.05) is 56.5 Å². The smallest absolute Gasteiger partial charge is 0.337 e. The fraction of sp³-hybridized carbons (Fsp3) is 0.269. The molecule has 0 aliphatic carbocycles. The van der Waals surface area contributed by atoms with E-state index in [-0.39, 0.29) is 0 Å². The number of rotatable bonds is 8. The molecule has 32 heavy (non-hydrogen) atoms. The minimum Gasteiger partial charge on any atom is -0.478 e. The second-order valence-electron chi connectivity index (χ2n) is 8.06. The fourth-order valence-corrected chi connectivity index (χ4v) is 4.28. The predicted molar refractivity (Wildman–Crippen MR) is 130 cm³/mol. The van der Waals surface area contributed by atoms with E-state index in [9.17, 15) is 9.90 Å². The molecule has 0 saturated carbocycles. The molecular formula is C26H28ClN3O2. The van der Waals surface area contributed by atoms with Crippen LogP contribution in [0.5, 0.6) is 0 Å². The van der Waals surface area contributed by atoms with E-state index in [4.69, 9.17) is 11.6 Å². The van der Waals surface area contributed by atoms with Crippen molar-refractivity contribution in [3.05, 3.63) is 88.9 Å². The number of nitrogens with zero attached hydrogens (tertiary/aromatic N) is 2. The summed E-state index contributed by atoms with van der Waals surface area (Å²) in [4.78, 5) is 16.3. The molecule has 0 atom stereocenters. The quantitative estimate of drug-likeness (QED) is 0.510. The SMILES string of the molecule is O=C(O)c1ccccc1NCCN1CCN(Cc2ccccc2-c2ccc(Cl)cc2)CC1. The Kier molecular flexibility index (Phi) is 7.43. The predicted octanol–water partition coefficient (Wildman–Crippen LogP) is 4.93. The zero-order valence-corrected chi connectivity index (χ0v) is 18.8. The Bertz CT molecular complexity index is 1050. The molecule has 1 saturated heterocycles. The van der Waals surface area contributed by atoms with E-state index in [1.165, 1.54) is 16.7 Å². The molecule has 1 fully saturated rings. The van der Waals surface area contributed by atoms with E-state index in [1.54, 1.807) is 12.1 Å². The molecule has 0 spiro atoms. The first-order valence-electron chi connectivity index (χ1n) is 10.9. The summed E-state index contributed by atoms with van der Waals surface area (Å²) in [5.74, 6) is -0.902. The maximum absolute atomic E-state index is 11.3. The number of para-hydroxylation sites is 1. The number of carbonyl (C=O) groups is 1. The van der Waals surface area contributed by atoms with Gasteiger partial charge in [-0.3, -0.25) is 9.80 Å². The van der Waals surface area contributed by atoms with Gasteiger partial charge in [-0.05, 0) is 41.0 Å². The molecule has 0 amide bonds. The van der Waals surface area contributed by atoms with Crippen LogP contribution in [0.15, 0.2) is 72.8 Å². The van der Waals surface area contributed by atoms with Crippen LogP contribution in [0.3, 0.4) is 0 Å². The number of carboxylic acid groups (broad SMARTS) is 1. The molecule has 1 aliphatic rings. The van der Waals surface area contributed by atoms with Gasteiger partial charge in [-0.1, -0.05) is 60.1 Å². The Balaban J connectivity index is 1.28. The molecule has 4 rings (SSSR count). The molecule has 0 bridgehead atoms. The van der Waals surface area contributed by atoms with Crippen LogP contribution < -0.4 is 5.32 Å². The normalized spacial score (nSPS) is 14.9. The number of benzene rings is 3. The van der Waals surface area contributed by atoms with E-state index in [0.717, 1.165) is 50.8 Å². The highest BCUT2D eigenvalue weighted by atomic mass is 35.5. The summed E-state index contributed by atoms with van der Waals surface area (Å²) >= 11 is 6.06. The van der Waals surface area contributed by atoms with Crippen molar-refractivity contribution in [2.75, 3.05) is 44.6 Å². The van der Waals surface area contributed by atoms with E-state index >= 15 is 0 Å². The summed E-state index contributed by atoms with van der Waals surface area (Å²) in [7, 11) is 0. The minimum absolute atomic E-state index is 0.316. The molecule has 0 unspecified atom stereocenters. The molecule has 166 valence electrons. The molecule has 1 aliphatic heterocycles. The Hall–Kier alpha value is -2.86. The van der Waals surface area contributed by atoms with Crippen molar-refractivity contribution in [2.24, 2.45) is 0 Å². The lowest BCUT2D eigenvalue weighted by atomic mass is 9.99. The third-order valence-electron chi connectivity index (χ3n) is 5.93. The van der Waals surface area contributed by atoms with E-state index in [1.807, 2.05) is 24.3 Å². The maximum atomic E-state index is 11.3. The number of anilines is 1. The molecule has 5 nitrogen and oxygen atoms in total. The number of nitrogens with one attached hydrogen (secondary N) is 1. The lowest BCUT2D eigenvalue weighted by Crippen LogP contribution is -2.47. The monoisotopic (exact) mass is 449 g/mol. The molecule has 3 aromatic rings. The summed E-state index contributed by atoms with van der Waals surface area (Å²) in [5, 5.41) is 13.3. The Morgan fingerprint density at radius 3 is 2.28 bits per heavy atom. The van der Waals surface area contributed by atoms with Crippen molar-refractivity contribution in [2.45, 2.75) is 6.54 Å². The summed E-state index contributed by atoms with van der Waals surface area (Å²) in [5.41, 5.74) is 4.77. The van der Waals surface area contributed by atoms with Crippen molar-refractivity contribution in [3.63, 3.8) is 0 Å². The van der Waals surface area contributed by atoms with Gasteiger partial charge in [-0.15, -0.1) is 0 Å². The first kappa shape index (κ1) is 22.3. The van der Waals surface area contributed by atoms with Gasteiger partial charge in [-0.2, -0.15) is 0 Å². The molecule has 1 heterocycles. The highest BCUT2D eigenvalue weighted by Crippen LogP contribution is 2.26. The zero-order chi connectivity index (χ0) is 22.3. The van der Waals surface area contributed by atoms with Gasteiger partial charge in [0.05, 0.1) is 5.56 Å². The first-order chi connectivity index (χ1) is 15.6. The standard InChI is InChI=1S/C26H28ClN3O2/c27-22-11-9-20(10-12-22)23-6-2-1-5-21(23)19-30-17-15-29(16-18-30)14-13-28-25-8-4-3-7-24(25)26(31)32/h1-12,28H,13-19H2,(H,31,32). The van der Waals surface area contributed by atoms with Crippen LogP contribution in [-0.4, -0.2) is 60.1 Å². The number of carboxylic acids is 1. The van der Waals surface area contributed by atoms with Gasteiger partial charge in [0.2, 0.25) is 0 Å². The summed E-state index contributed by atoms with van der Waals surface area (Å²) in [6.45, 7) is 6.59. The minimum atomic E-state index is -0.902. The molecule has 2 N–H and O–H groups in total. The van der Waals surface area contributed by atoms with Crippen molar-refractivity contribution in [1.29, 1.82) is 0 Å². The lowest BCUT2D eigenvalue weighted by molar-refractivity contribution is 0.0698. The van der Waals surface area contributed by atoms with Gasteiger partial charge in [0.1, 0.15) is 0 Å². The zero-order valence-electron chi connectivity index (χ0n) is 18.0. The highest BCUT2D eigenvalue weighted by Gasteiger charge is 2.18. The Labute approximate surface area is 194 Å². The molecule has 3 aromatic carbocycles. The van der Waals surface area contributed by atoms with Gasteiger partial charge in [0.25, 0.3) is 0 Å². The second kappa shape index (κ2) is 10.6. The first-order valence-corrected chi connectivity index (χ1v) is 11.3. The van der Waals surface area contributed by atoms with Crippen LogP contribution in [0.4, 0.5) is 5.69 Å². The van der Waals surface area contributed by atoms with Crippen LogP contribution in [0.1, 0.15) is 15.9 Å². The summed E-state index contributed by atoms with van der Waals surface area (Å²) < 4.78 is 0.